The van der Waals surface area contributed by atoms with Crippen LogP contribution in [0.5, 0.6) is 5.75 Å². The van der Waals surface area contributed by atoms with Crippen LogP contribution in [0.4, 0.5) is 0 Å². The first kappa shape index (κ1) is 16.4. The number of hydrogen-bond donors (Lipinski definition) is 2. The first-order valence-electron chi connectivity index (χ1n) is 8.10. The van der Waals surface area contributed by atoms with Crippen LogP contribution in [0, 0.1) is 6.92 Å². The van der Waals surface area contributed by atoms with Crippen molar-refractivity contribution in [1.82, 2.24) is 4.98 Å². The Morgan fingerprint density at radius 2 is 1.79 bits per heavy atom. The summed E-state index contributed by atoms with van der Waals surface area (Å²) in [6.07, 6.45) is 0.837. The number of aryl methyl sites for hydroxylation is 1. The lowest BCUT2D eigenvalue weighted by molar-refractivity contribution is 0.418. The van der Waals surface area contributed by atoms with Gasteiger partial charge in [-0.2, -0.15) is 0 Å². The average Bonchev–Trinajstić information content (AvgIpc) is 2.61. The van der Waals surface area contributed by atoms with Gasteiger partial charge in [0.25, 0.3) is 0 Å². The zero-order chi connectivity index (χ0) is 17.1. The van der Waals surface area contributed by atoms with Crippen LogP contribution in [0.3, 0.4) is 0 Å². The number of aromatic nitrogens is 1. The largest absolute Gasteiger partial charge is 0.494 e. The molecule has 0 spiro atoms. The molecule has 4 N–H and O–H groups in total. The summed E-state index contributed by atoms with van der Waals surface area (Å²) >= 11 is 0. The third-order valence-electron chi connectivity index (χ3n) is 4.33. The third-order valence-corrected chi connectivity index (χ3v) is 4.33. The molecule has 0 saturated carbocycles. The summed E-state index contributed by atoms with van der Waals surface area (Å²) in [5, 5.41) is 1.13. The molecule has 3 rings (SSSR count). The van der Waals surface area contributed by atoms with E-state index >= 15 is 0 Å². The van der Waals surface area contributed by atoms with Crippen molar-refractivity contribution in [1.29, 1.82) is 0 Å². The van der Waals surface area contributed by atoms with Gasteiger partial charge < -0.3 is 16.2 Å². The van der Waals surface area contributed by atoms with E-state index in [0.717, 1.165) is 34.3 Å². The summed E-state index contributed by atoms with van der Waals surface area (Å²) in [7, 11) is 1.68. The molecule has 1 unspecified atom stereocenters. The molecule has 1 atom stereocenters. The number of pyridine rings is 1. The molecule has 0 bridgehead atoms. The van der Waals surface area contributed by atoms with Crippen molar-refractivity contribution in [3.05, 3.63) is 70.9 Å². The minimum atomic E-state index is -0.104. The Balaban J connectivity index is 1.95. The Kier molecular flexibility index (Phi) is 4.79. The number of benzene rings is 2. The fourth-order valence-electron chi connectivity index (χ4n) is 2.91. The van der Waals surface area contributed by atoms with Crippen LogP contribution in [0.2, 0.25) is 0 Å². The fraction of sp³-hybridized carbons (Fsp3) is 0.250. The van der Waals surface area contributed by atoms with Gasteiger partial charge in [0.1, 0.15) is 11.3 Å². The standard InChI is InChI=1S/C20H23N3O/c1-13-3-9-17-16(8-10-19(24-2)20(17)23-13)11-14-4-6-15(7-5-14)18(22)12-21/h3-10,18H,11-12,21-22H2,1-2H3. The van der Waals surface area contributed by atoms with Gasteiger partial charge in [-0.25, -0.2) is 4.98 Å². The van der Waals surface area contributed by atoms with Crippen LogP contribution >= 0.6 is 0 Å². The molecule has 4 heteroatoms. The highest BCUT2D eigenvalue weighted by Crippen LogP contribution is 2.28. The van der Waals surface area contributed by atoms with Crippen molar-refractivity contribution in [2.75, 3.05) is 13.7 Å². The van der Waals surface area contributed by atoms with E-state index in [1.54, 1.807) is 7.11 Å². The normalized spacial score (nSPS) is 12.3. The van der Waals surface area contributed by atoms with Gasteiger partial charge in [-0.1, -0.05) is 36.4 Å². The summed E-state index contributed by atoms with van der Waals surface area (Å²) in [6, 6.07) is 16.5. The van der Waals surface area contributed by atoms with Crippen LogP contribution < -0.4 is 16.2 Å². The summed E-state index contributed by atoms with van der Waals surface area (Å²) in [5.41, 5.74) is 17.0. The first-order chi connectivity index (χ1) is 11.6. The summed E-state index contributed by atoms with van der Waals surface area (Å²) < 4.78 is 5.45. The maximum Gasteiger partial charge on any atom is 0.145 e. The number of nitrogens with zero attached hydrogens (tertiary/aromatic N) is 1. The molecule has 0 amide bonds. The number of ether oxygens (including phenoxy) is 1. The van der Waals surface area contributed by atoms with Crippen LogP contribution in [0.1, 0.15) is 28.4 Å². The quantitative estimate of drug-likeness (QED) is 0.757. The molecule has 24 heavy (non-hydrogen) atoms. The summed E-state index contributed by atoms with van der Waals surface area (Å²) in [6.45, 7) is 2.44. The molecule has 4 nitrogen and oxygen atoms in total. The van der Waals surface area contributed by atoms with Crippen LogP contribution in [0.15, 0.2) is 48.5 Å². The van der Waals surface area contributed by atoms with Crippen molar-refractivity contribution >= 4 is 10.9 Å². The van der Waals surface area contributed by atoms with Crippen molar-refractivity contribution in [3.63, 3.8) is 0 Å². The molecular formula is C20H23N3O. The number of rotatable bonds is 5. The molecule has 0 aliphatic rings. The van der Waals surface area contributed by atoms with E-state index in [1.807, 2.05) is 19.1 Å². The van der Waals surface area contributed by atoms with Gasteiger partial charge in [0.05, 0.1) is 7.11 Å². The van der Waals surface area contributed by atoms with Crippen LogP contribution in [-0.2, 0) is 6.42 Å². The Hall–Kier alpha value is -2.43. The molecule has 1 aromatic heterocycles. The second kappa shape index (κ2) is 6.99. The van der Waals surface area contributed by atoms with Crippen molar-refractivity contribution < 1.29 is 4.74 Å². The van der Waals surface area contributed by atoms with Gasteiger partial charge in [0, 0.05) is 23.7 Å². The lowest BCUT2D eigenvalue weighted by Crippen LogP contribution is -2.20. The van der Waals surface area contributed by atoms with Gasteiger partial charge in [-0.3, -0.25) is 0 Å². The second-order valence-corrected chi connectivity index (χ2v) is 6.04. The van der Waals surface area contributed by atoms with Gasteiger partial charge in [0.15, 0.2) is 0 Å². The predicted molar refractivity (Wildman–Crippen MR) is 98.3 cm³/mol. The Morgan fingerprint density at radius 1 is 1.04 bits per heavy atom. The molecule has 0 aliphatic heterocycles. The van der Waals surface area contributed by atoms with Gasteiger partial charge in [-0.05, 0) is 42.2 Å². The second-order valence-electron chi connectivity index (χ2n) is 6.04. The van der Waals surface area contributed by atoms with Gasteiger partial charge in [0.2, 0.25) is 0 Å². The lowest BCUT2D eigenvalue weighted by Gasteiger charge is -2.12. The lowest BCUT2D eigenvalue weighted by atomic mass is 9.98. The van der Waals surface area contributed by atoms with Gasteiger partial charge in [-0.15, -0.1) is 0 Å². The summed E-state index contributed by atoms with van der Waals surface area (Å²) in [5.74, 6) is 0.807. The Morgan fingerprint density at radius 3 is 2.46 bits per heavy atom. The van der Waals surface area contributed by atoms with E-state index in [4.69, 9.17) is 16.2 Å². The van der Waals surface area contributed by atoms with E-state index in [2.05, 4.69) is 41.4 Å². The molecule has 1 heterocycles. The fourth-order valence-corrected chi connectivity index (χ4v) is 2.91. The molecule has 0 aliphatic carbocycles. The number of hydrogen-bond acceptors (Lipinski definition) is 4. The van der Waals surface area contributed by atoms with E-state index in [-0.39, 0.29) is 6.04 Å². The van der Waals surface area contributed by atoms with Crippen molar-refractivity contribution in [2.24, 2.45) is 11.5 Å². The highest BCUT2D eigenvalue weighted by atomic mass is 16.5. The SMILES string of the molecule is COc1ccc(Cc2ccc(C(N)CN)cc2)c2ccc(C)nc12. The van der Waals surface area contributed by atoms with Crippen LogP contribution in [0.25, 0.3) is 10.9 Å². The monoisotopic (exact) mass is 321 g/mol. The van der Waals surface area contributed by atoms with Crippen molar-refractivity contribution in [2.45, 2.75) is 19.4 Å². The molecular weight excluding hydrogens is 298 g/mol. The zero-order valence-electron chi connectivity index (χ0n) is 14.1. The minimum absolute atomic E-state index is 0.104. The molecule has 0 fully saturated rings. The number of nitrogens with two attached hydrogens (primary N) is 2. The summed E-state index contributed by atoms with van der Waals surface area (Å²) in [4.78, 5) is 4.64. The van der Waals surface area contributed by atoms with E-state index in [1.165, 1.54) is 11.1 Å². The maximum absolute atomic E-state index is 5.97. The van der Waals surface area contributed by atoms with E-state index < -0.39 is 0 Å². The molecule has 0 saturated heterocycles. The third kappa shape index (κ3) is 3.25. The molecule has 3 aromatic rings. The maximum atomic E-state index is 5.97. The molecule has 2 aromatic carbocycles. The van der Waals surface area contributed by atoms with Crippen molar-refractivity contribution in [3.8, 4) is 5.75 Å². The minimum Gasteiger partial charge on any atom is -0.494 e. The smallest absolute Gasteiger partial charge is 0.145 e. The molecule has 124 valence electrons. The zero-order valence-corrected chi connectivity index (χ0v) is 14.1. The van der Waals surface area contributed by atoms with Gasteiger partial charge >= 0.3 is 0 Å². The highest BCUT2D eigenvalue weighted by Gasteiger charge is 2.09. The number of methoxy groups -OCH3 is 1. The van der Waals surface area contributed by atoms with E-state index in [9.17, 15) is 0 Å². The topological polar surface area (TPSA) is 74.2 Å². The Bertz CT molecular complexity index is 843. The molecule has 0 radical (unpaired) electrons. The number of fused-ring (bicyclic) bond motifs is 1. The predicted octanol–water partition coefficient (Wildman–Crippen LogP) is 3.10. The van der Waals surface area contributed by atoms with Crippen LogP contribution in [-0.4, -0.2) is 18.6 Å². The van der Waals surface area contributed by atoms with E-state index in [0.29, 0.717) is 6.54 Å². The highest BCUT2D eigenvalue weighted by molar-refractivity contribution is 5.88. The average molecular weight is 321 g/mol. The Labute approximate surface area is 142 Å². The first-order valence-corrected chi connectivity index (χ1v) is 8.10.